The van der Waals surface area contributed by atoms with Crippen LogP contribution >= 0.6 is 11.3 Å². The molecule has 0 saturated heterocycles. The van der Waals surface area contributed by atoms with Crippen LogP contribution in [0.4, 0.5) is 5.13 Å². The average Bonchev–Trinajstić information content (AvgIpc) is 3.03. The Balaban J connectivity index is 1.66. The Morgan fingerprint density at radius 2 is 2.08 bits per heavy atom. The zero-order valence-corrected chi connectivity index (χ0v) is 14.8. The number of aromatic nitrogens is 2. The predicted octanol–water partition coefficient (Wildman–Crippen LogP) is 3.85. The standard InChI is InChI=1S/C18H21N3O2S/c1-3-15-14(5-4-10-23-15)17(22)19-18-21-20-16(24-18)11-13-8-6-12(2)7-9-13/h6-9H,3-5,10-11H2,1-2H3,(H,19,21,22). The first kappa shape index (κ1) is 16.6. The highest BCUT2D eigenvalue weighted by Gasteiger charge is 2.20. The minimum absolute atomic E-state index is 0.121. The maximum Gasteiger partial charge on any atom is 0.256 e. The summed E-state index contributed by atoms with van der Waals surface area (Å²) in [5, 5.41) is 12.6. The lowest BCUT2D eigenvalue weighted by atomic mass is 10.0. The molecule has 0 spiro atoms. The van der Waals surface area contributed by atoms with Gasteiger partial charge in [0.1, 0.15) is 10.8 Å². The van der Waals surface area contributed by atoms with Gasteiger partial charge in [0.2, 0.25) is 5.13 Å². The van der Waals surface area contributed by atoms with E-state index in [-0.39, 0.29) is 5.91 Å². The molecule has 0 fully saturated rings. The minimum Gasteiger partial charge on any atom is -0.497 e. The van der Waals surface area contributed by atoms with Crippen molar-refractivity contribution in [1.29, 1.82) is 0 Å². The van der Waals surface area contributed by atoms with Crippen LogP contribution in [0.1, 0.15) is 42.3 Å². The van der Waals surface area contributed by atoms with Crippen molar-refractivity contribution in [3.63, 3.8) is 0 Å². The van der Waals surface area contributed by atoms with Crippen LogP contribution in [0.2, 0.25) is 0 Å². The molecule has 1 aliphatic heterocycles. The summed E-state index contributed by atoms with van der Waals surface area (Å²) in [4.78, 5) is 12.4. The highest BCUT2D eigenvalue weighted by atomic mass is 32.1. The van der Waals surface area contributed by atoms with E-state index >= 15 is 0 Å². The molecule has 6 heteroatoms. The van der Waals surface area contributed by atoms with Crippen molar-refractivity contribution in [2.75, 3.05) is 11.9 Å². The quantitative estimate of drug-likeness (QED) is 0.895. The van der Waals surface area contributed by atoms with E-state index in [2.05, 4.69) is 46.7 Å². The molecule has 0 unspecified atom stereocenters. The van der Waals surface area contributed by atoms with E-state index in [0.29, 0.717) is 11.7 Å². The summed E-state index contributed by atoms with van der Waals surface area (Å²) in [6, 6.07) is 8.35. The van der Waals surface area contributed by atoms with Gasteiger partial charge in [-0.2, -0.15) is 0 Å². The summed E-state index contributed by atoms with van der Waals surface area (Å²) in [5.74, 6) is 0.674. The van der Waals surface area contributed by atoms with Crippen LogP contribution in [0.5, 0.6) is 0 Å². The second kappa shape index (κ2) is 7.57. The van der Waals surface area contributed by atoms with Gasteiger partial charge >= 0.3 is 0 Å². The molecule has 0 radical (unpaired) electrons. The summed E-state index contributed by atoms with van der Waals surface area (Å²) in [6.45, 7) is 4.76. The Morgan fingerprint density at radius 1 is 1.29 bits per heavy atom. The van der Waals surface area contributed by atoms with Gasteiger partial charge in [-0.05, 0) is 25.3 Å². The Morgan fingerprint density at radius 3 is 2.83 bits per heavy atom. The zero-order valence-electron chi connectivity index (χ0n) is 14.0. The third-order valence-electron chi connectivity index (χ3n) is 3.94. The van der Waals surface area contributed by atoms with Gasteiger partial charge < -0.3 is 4.74 Å². The van der Waals surface area contributed by atoms with Crippen LogP contribution in [0.3, 0.4) is 0 Å². The number of carbonyl (C=O) groups is 1. The number of ether oxygens (including phenoxy) is 1. The number of hydrogen-bond acceptors (Lipinski definition) is 5. The number of hydrogen-bond donors (Lipinski definition) is 1. The molecule has 0 saturated carbocycles. The second-order valence-electron chi connectivity index (χ2n) is 5.82. The molecular formula is C18H21N3O2S. The zero-order chi connectivity index (χ0) is 16.9. The van der Waals surface area contributed by atoms with Gasteiger partial charge in [0.05, 0.1) is 12.2 Å². The van der Waals surface area contributed by atoms with Crippen molar-refractivity contribution in [2.24, 2.45) is 0 Å². The number of amides is 1. The SMILES string of the molecule is CCC1=C(C(=O)Nc2nnc(Cc3ccc(C)cc3)s2)CCCO1. The molecule has 24 heavy (non-hydrogen) atoms. The van der Waals surface area contributed by atoms with E-state index < -0.39 is 0 Å². The topological polar surface area (TPSA) is 64.1 Å². The van der Waals surface area contributed by atoms with Crippen LogP contribution < -0.4 is 5.32 Å². The molecule has 0 aliphatic carbocycles. The van der Waals surface area contributed by atoms with E-state index in [1.54, 1.807) is 0 Å². The molecule has 1 aromatic carbocycles. The van der Waals surface area contributed by atoms with Crippen molar-refractivity contribution in [3.05, 3.63) is 51.7 Å². The van der Waals surface area contributed by atoms with Crippen LogP contribution in [-0.4, -0.2) is 22.7 Å². The Hall–Kier alpha value is -2.21. The number of carbonyl (C=O) groups excluding carboxylic acids is 1. The fraction of sp³-hybridized carbons (Fsp3) is 0.389. The first-order valence-corrected chi connectivity index (χ1v) is 9.01. The van der Waals surface area contributed by atoms with Crippen molar-refractivity contribution in [2.45, 2.75) is 39.5 Å². The monoisotopic (exact) mass is 343 g/mol. The molecule has 1 aliphatic rings. The third kappa shape index (κ3) is 4.00. The summed E-state index contributed by atoms with van der Waals surface area (Å²) < 4.78 is 5.58. The van der Waals surface area contributed by atoms with E-state index in [4.69, 9.17) is 4.74 Å². The van der Waals surface area contributed by atoms with E-state index in [1.165, 1.54) is 22.5 Å². The van der Waals surface area contributed by atoms with E-state index in [9.17, 15) is 4.79 Å². The average molecular weight is 343 g/mol. The largest absolute Gasteiger partial charge is 0.497 e. The number of anilines is 1. The number of aryl methyl sites for hydroxylation is 1. The number of nitrogens with one attached hydrogen (secondary N) is 1. The van der Waals surface area contributed by atoms with E-state index in [0.717, 1.165) is 42.0 Å². The molecule has 2 heterocycles. The lowest BCUT2D eigenvalue weighted by Crippen LogP contribution is -2.20. The highest BCUT2D eigenvalue weighted by molar-refractivity contribution is 7.15. The molecule has 1 N–H and O–H groups in total. The van der Waals surface area contributed by atoms with Gasteiger partial charge in [-0.3, -0.25) is 10.1 Å². The molecule has 5 nitrogen and oxygen atoms in total. The summed E-state index contributed by atoms with van der Waals surface area (Å²) >= 11 is 1.42. The molecule has 126 valence electrons. The van der Waals surface area contributed by atoms with Gasteiger partial charge in [-0.1, -0.05) is 48.1 Å². The van der Waals surface area contributed by atoms with Crippen molar-refractivity contribution in [1.82, 2.24) is 10.2 Å². The maximum absolute atomic E-state index is 12.4. The first-order chi connectivity index (χ1) is 11.7. The molecule has 0 bridgehead atoms. The second-order valence-corrected chi connectivity index (χ2v) is 6.89. The van der Waals surface area contributed by atoms with Gasteiger partial charge in [-0.15, -0.1) is 10.2 Å². The number of nitrogens with zero attached hydrogens (tertiary/aromatic N) is 2. The first-order valence-electron chi connectivity index (χ1n) is 8.20. The lowest BCUT2D eigenvalue weighted by Gasteiger charge is -2.19. The summed E-state index contributed by atoms with van der Waals surface area (Å²) in [7, 11) is 0. The van der Waals surface area contributed by atoms with Gasteiger partial charge in [0.25, 0.3) is 5.91 Å². The van der Waals surface area contributed by atoms with Crippen molar-refractivity contribution >= 4 is 22.4 Å². The van der Waals surface area contributed by atoms with Crippen LogP contribution in [0, 0.1) is 6.92 Å². The predicted molar refractivity (Wildman–Crippen MR) is 95.0 cm³/mol. The summed E-state index contributed by atoms with van der Waals surface area (Å²) in [5.41, 5.74) is 3.16. The smallest absolute Gasteiger partial charge is 0.256 e. The Labute approximate surface area is 145 Å². The van der Waals surface area contributed by atoms with Crippen molar-refractivity contribution < 1.29 is 9.53 Å². The van der Waals surface area contributed by atoms with E-state index in [1.807, 2.05) is 6.92 Å². The number of benzene rings is 1. The molecule has 1 aromatic heterocycles. The molecule has 3 rings (SSSR count). The normalized spacial score (nSPS) is 14.4. The Bertz CT molecular complexity index is 750. The molecular weight excluding hydrogens is 322 g/mol. The molecule has 0 atom stereocenters. The Kier molecular flexibility index (Phi) is 5.25. The van der Waals surface area contributed by atoms with Crippen LogP contribution in [0.25, 0.3) is 0 Å². The molecule has 2 aromatic rings. The van der Waals surface area contributed by atoms with Gasteiger partial charge in [0, 0.05) is 12.8 Å². The lowest BCUT2D eigenvalue weighted by molar-refractivity contribution is -0.113. The van der Waals surface area contributed by atoms with Crippen LogP contribution in [-0.2, 0) is 16.0 Å². The highest BCUT2D eigenvalue weighted by Crippen LogP contribution is 2.24. The number of allylic oxidation sites excluding steroid dienone is 1. The van der Waals surface area contributed by atoms with Crippen LogP contribution in [0.15, 0.2) is 35.6 Å². The number of rotatable bonds is 5. The summed E-state index contributed by atoms with van der Waals surface area (Å²) in [6.07, 6.45) is 3.09. The third-order valence-corrected chi connectivity index (χ3v) is 4.78. The molecule has 1 amide bonds. The maximum atomic E-state index is 12.4. The van der Waals surface area contributed by atoms with Gasteiger partial charge in [0.15, 0.2) is 0 Å². The fourth-order valence-corrected chi connectivity index (χ4v) is 3.42. The minimum atomic E-state index is -0.121. The van der Waals surface area contributed by atoms with Crippen molar-refractivity contribution in [3.8, 4) is 0 Å². The fourth-order valence-electron chi connectivity index (χ4n) is 2.66. The van der Waals surface area contributed by atoms with Gasteiger partial charge in [-0.25, -0.2) is 0 Å².